The summed E-state index contributed by atoms with van der Waals surface area (Å²) in [6.07, 6.45) is 2.62. The first-order valence-corrected chi connectivity index (χ1v) is 9.05. The van der Waals surface area contributed by atoms with Gasteiger partial charge in [-0.05, 0) is 31.1 Å². The number of ether oxygens (including phenoxy) is 1. The van der Waals surface area contributed by atoms with Gasteiger partial charge in [0.2, 0.25) is 5.91 Å². The molecule has 0 aliphatic heterocycles. The summed E-state index contributed by atoms with van der Waals surface area (Å²) in [6.45, 7) is 4.24. The quantitative estimate of drug-likeness (QED) is 0.557. The molecule has 1 atom stereocenters. The fourth-order valence-corrected chi connectivity index (χ4v) is 2.58. The Balaban J connectivity index is 2.32. The molecule has 2 N–H and O–H groups in total. The molecule has 0 aliphatic rings. The van der Waals surface area contributed by atoms with Crippen molar-refractivity contribution in [2.24, 2.45) is 0 Å². The van der Waals surface area contributed by atoms with E-state index in [1.807, 2.05) is 61.5 Å². The average molecular weight is 366 g/mol. The molecule has 1 unspecified atom stereocenters. The van der Waals surface area contributed by atoms with Crippen molar-refractivity contribution in [3.8, 4) is 5.75 Å². The Hall–Kier alpha value is -3.08. The van der Waals surface area contributed by atoms with Gasteiger partial charge in [-0.15, -0.1) is 0 Å². The van der Waals surface area contributed by atoms with Gasteiger partial charge in [0.15, 0.2) is 0 Å². The zero-order valence-corrected chi connectivity index (χ0v) is 16.0. The van der Waals surface area contributed by atoms with Gasteiger partial charge in [-0.3, -0.25) is 9.59 Å². The fraction of sp³-hybridized carbons (Fsp3) is 0.273. The lowest BCUT2D eigenvalue weighted by Crippen LogP contribution is -2.45. The van der Waals surface area contributed by atoms with E-state index in [4.69, 9.17) is 4.74 Å². The third kappa shape index (κ3) is 5.71. The second-order valence-electron chi connectivity index (χ2n) is 6.15. The van der Waals surface area contributed by atoms with Crippen molar-refractivity contribution in [3.05, 3.63) is 65.7 Å². The smallest absolute Gasteiger partial charge is 0.252 e. The maximum Gasteiger partial charge on any atom is 0.252 e. The largest absolute Gasteiger partial charge is 0.496 e. The highest BCUT2D eigenvalue weighted by Gasteiger charge is 2.19. The summed E-state index contributed by atoms with van der Waals surface area (Å²) >= 11 is 0. The number of carbonyl (C=O) groups excluding carboxylic acids is 2. The number of rotatable bonds is 8. The van der Waals surface area contributed by atoms with Crippen LogP contribution < -0.4 is 15.4 Å². The van der Waals surface area contributed by atoms with Gasteiger partial charge in [0.25, 0.3) is 5.91 Å². The summed E-state index contributed by atoms with van der Waals surface area (Å²) in [5.41, 5.74) is 2.02. The van der Waals surface area contributed by atoms with Gasteiger partial charge in [0, 0.05) is 17.7 Å². The molecule has 0 radical (unpaired) electrons. The summed E-state index contributed by atoms with van der Waals surface area (Å²) in [7, 11) is 1.59. The predicted octanol–water partition coefficient (Wildman–Crippen LogP) is 3.27. The molecule has 142 valence electrons. The minimum atomic E-state index is -0.631. The van der Waals surface area contributed by atoms with Crippen LogP contribution >= 0.6 is 0 Å². The van der Waals surface area contributed by atoms with Crippen molar-refractivity contribution in [1.29, 1.82) is 0 Å². The van der Waals surface area contributed by atoms with Crippen LogP contribution in [0.15, 0.2) is 54.6 Å². The van der Waals surface area contributed by atoms with E-state index in [9.17, 15) is 9.59 Å². The Morgan fingerprint density at radius 2 is 1.74 bits per heavy atom. The molecule has 0 bridgehead atoms. The van der Waals surface area contributed by atoms with Crippen LogP contribution in [0.5, 0.6) is 5.75 Å². The molecule has 0 fully saturated rings. The van der Waals surface area contributed by atoms with Gasteiger partial charge >= 0.3 is 0 Å². The molecule has 0 spiro atoms. The molecule has 2 aromatic carbocycles. The normalized spacial score (nSPS) is 12.2. The Labute approximate surface area is 160 Å². The second kappa shape index (κ2) is 10.2. The first-order chi connectivity index (χ1) is 13.1. The maximum absolute atomic E-state index is 12.9. The molecule has 0 heterocycles. The maximum atomic E-state index is 12.9. The Bertz CT molecular complexity index is 800. The summed E-state index contributed by atoms with van der Waals surface area (Å²) in [6, 6.07) is 16.2. The Morgan fingerprint density at radius 1 is 1.07 bits per heavy atom. The zero-order valence-electron chi connectivity index (χ0n) is 16.0. The van der Waals surface area contributed by atoms with Crippen LogP contribution in [0.4, 0.5) is 0 Å². The van der Waals surface area contributed by atoms with Crippen LogP contribution in [0.2, 0.25) is 0 Å². The number of benzene rings is 2. The first-order valence-electron chi connectivity index (χ1n) is 9.05. The van der Waals surface area contributed by atoms with E-state index in [0.717, 1.165) is 17.5 Å². The molecular formula is C22H26N2O3. The molecule has 2 rings (SSSR count). The number of amides is 2. The van der Waals surface area contributed by atoms with Gasteiger partial charge in [-0.1, -0.05) is 55.5 Å². The number of methoxy groups -OCH3 is 1. The third-order valence-electron chi connectivity index (χ3n) is 4.06. The molecule has 0 aliphatic carbocycles. The highest BCUT2D eigenvalue weighted by atomic mass is 16.5. The second-order valence-corrected chi connectivity index (χ2v) is 6.15. The summed E-state index contributed by atoms with van der Waals surface area (Å²) in [4.78, 5) is 25.0. The predicted molar refractivity (Wildman–Crippen MR) is 108 cm³/mol. The van der Waals surface area contributed by atoms with Gasteiger partial charge in [-0.25, -0.2) is 0 Å². The van der Waals surface area contributed by atoms with Crippen LogP contribution in [0.1, 0.15) is 31.4 Å². The molecule has 0 saturated carbocycles. The average Bonchev–Trinajstić information content (AvgIpc) is 2.70. The van der Waals surface area contributed by atoms with Crippen molar-refractivity contribution in [3.63, 3.8) is 0 Å². The third-order valence-corrected chi connectivity index (χ3v) is 4.06. The van der Waals surface area contributed by atoms with E-state index >= 15 is 0 Å². The molecule has 2 amide bonds. The highest BCUT2D eigenvalue weighted by molar-refractivity contribution is 6.24. The lowest BCUT2D eigenvalue weighted by atomic mass is 10.0. The zero-order chi connectivity index (χ0) is 19.6. The molecule has 5 heteroatoms. The number of hydrogen-bond donors (Lipinski definition) is 2. The van der Waals surface area contributed by atoms with E-state index in [-0.39, 0.29) is 11.8 Å². The number of nitrogens with one attached hydrogen (secondary N) is 2. The summed E-state index contributed by atoms with van der Waals surface area (Å²) in [5, 5.41) is 5.58. The molecule has 5 nitrogen and oxygen atoms in total. The topological polar surface area (TPSA) is 67.4 Å². The highest BCUT2D eigenvalue weighted by Crippen LogP contribution is 2.24. The van der Waals surface area contributed by atoms with Gasteiger partial charge in [0.05, 0.1) is 7.11 Å². The molecule has 2 aromatic rings. The van der Waals surface area contributed by atoms with E-state index in [1.165, 1.54) is 0 Å². The number of carbonyl (C=O) groups is 2. The van der Waals surface area contributed by atoms with Crippen LogP contribution in [0, 0.1) is 0 Å². The lowest BCUT2D eigenvalue weighted by Gasteiger charge is -2.16. The SMILES string of the molecule is CCCNC(=O)C(C)NC(=O)/C(=C/c1ccccc1OC)c1ccccc1. The van der Waals surface area contributed by atoms with Crippen molar-refractivity contribution >= 4 is 23.5 Å². The summed E-state index contributed by atoms with van der Waals surface area (Å²) < 4.78 is 5.39. The summed E-state index contributed by atoms with van der Waals surface area (Å²) in [5.74, 6) is 0.161. The van der Waals surface area contributed by atoms with Crippen LogP contribution in [0.3, 0.4) is 0 Å². The molecular weight excluding hydrogens is 340 g/mol. The van der Waals surface area contributed by atoms with Crippen molar-refractivity contribution in [2.75, 3.05) is 13.7 Å². The Kier molecular flexibility index (Phi) is 7.62. The van der Waals surface area contributed by atoms with Gasteiger partial charge in [0.1, 0.15) is 11.8 Å². The lowest BCUT2D eigenvalue weighted by molar-refractivity contribution is -0.126. The van der Waals surface area contributed by atoms with Gasteiger partial charge in [-0.2, -0.15) is 0 Å². The molecule has 0 aromatic heterocycles. The van der Waals surface area contributed by atoms with Crippen LogP contribution in [-0.2, 0) is 9.59 Å². The minimum absolute atomic E-state index is 0.199. The minimum Gasteiger partial charge on any atom is -0.496 e. The van der Waals surface area contributed by atoms with Crippen LogP contribution in [0.25, 0.3) is 11.6 Å². The van der Waals surface area contributed by atoms with E-state index in [1.54, 1.807) is 20.1 Å². The van der Waals surface area contributed by atoms with Crippen molar-refractivity contribution in [2.45, 2.75) is 26.3 Å². The monoisotopic (exact) mass is 366 g/mol. The van der Waals surface area contributed by atoms with E-state index in [2.05, 4.69) is 10.6 Å². The molecule has 0 saturated heterocycles. The standard InChI is InChI=1S/C22H26N2O3/c1-4-14-23-21(25)16(2)24-22(26)19(17-10-6-5-7-11-17)15-18-12-8-9-13-20(18)27-3/h5-13,15-16H,4,14H2,1-3H3,(H,23,25)(H,24,26)/b19-15+. The first kappa shape index (κ1) is 20.2. The van der Waals surface area contributed by atoms with Crippen molar-refractivity contribution < 1.29 is 14.3 Å². The Morgan fingerprint density at radius 3 is 2.41 bits per heavy atom. The van der Waals surface area contributed by atoms with E-state index in [0.29, 0.717) is 17.9 Å². The van der Waals surface area contributed by atoms with Gasteiger partial charge < -0.3 is 15.4 Å². The number of hydrogen-bond acceptors (Lipinski definition) is 3. The van der Waals surface area contributed by atoms with E-state index < -0.39 is 6.04 Å². The fourth-order valence-electron chi connectivity index (χ4n) is 2.58. The molecule has 27 heavy (non-hydrogen) atoms. The van der Waals surface area contributed by atoms with Crippen LogP contribution in [-0.4, -0.2) is 31.5 Å². The number of para-hydroxylation sites is 1. The van der Waals surface area contributed by atoms with Crippen molar-refractivity contribution in [1.82, 2.24) is 10.6 Å².